The molecule has 1 aliphatic heterocycles. The predicted octanol–water partition coefficient (Wildman–Crippen LogP) is 5.40. The number of benzene rings is 1. The summed E-state index contributed by atoms with van der Waals surface area (Å²) in [5, 5.41) is 18.7. The van der Waals surface area contributed by atoms with Crippen LogP contribution in [0.25, 0.3) is 0 Å². The summed E-state index contributed by atoms with van der Waals surface area (Å²) in [6.07, 6.45) is 8.65. The molecule has 1 aliphatic rings. The molecule has 26 heavy (non-hydrogen) atoms. The molecule has 1 aromatic carbocycles. The SMILES string of the molecule is C/C(=C\CC[C@]1(C)CCc2cc(O)cc(C)c2O1)CCCC(C)C(=O)O. The molecule has 2 atom stereocenters. The van der Waals surface area contributed by atoms with Gasteiger partial charge in [-0.1, -0.05) is 18.6 Å². The van der Waals surface area contributed by atoms with E-state index in [4.69, 9.17) is 9.84 Å². The van der Waals surface area contributed by atoms with Crippen LogP contribution in [0.3, 0.4) is 0 Å². The number of aliphatic carboxylic acids is 1. The molecule has 0 aromatic heterocycles. The maximum absolute atomic E-state index is 10.8. The zero-order valence-corrected chi connectivity index (χ0v) is 16.5. The van der Waals surface area contributed by atoms with E-state index in [1.165, 1.54) is 5.57 Å². The zero-order chi connectivity index (χ0) is 19.3. The molecule has 0 radical (unpaired) electrons. The second-order valence-corrected chi connectivity index (χ2v) is 8.02. The van der Waals surface area contributed by atoms with Gasteiger partial charge in [-0.25, -0.2) is 0 Å². The highest BCUT2D eigenvalue weighted by molar-refractivity contribution is 5.69. The van der Waals surface area contributed by atoms with Gasteiger partial charge in [0, 0.05) is 0 Å². The summed E-state index contributed by atoms with van der Waals surface area (Å²) >= 11 is 0. The van der Waals surface area contributed by atoms with Gasteiger partial charge in [0.25, 0.3) is 0 Å². The van der Waals surface area contributed by atoms with Crippen molar-refractivity contribution in [3.8, 4) is 11.5 Å². The smallest absolute Gasteiger partial charge is 0.306 e. The molecule has 1 unspecified atom stereocenters. The van der Waals surface area contributed by atoms with Crippen molar-refractivity contribution < 1.29 is 19.7 Å². The molecule has 4 nitrogen and oxygen atoms in total. The molecule has 0 saturated carbocycles. The molecule has 144 valence electrons. The highest BCUT2D eigenvalue weighted by Gasteiger charge is 2.31. The second kappa shape index (κ2) is 8.61. The van der Waals surface area contributed by atoms with E-state index >= 15 is 0 Å². The van der Waals surface area contributed by atoms with Gasteiger partial charge >= 0.3 is 5.97 Å². The number of carbonyl (C=O) groups is 1. The first-order valence-corrected chi connectivity index (χ1v) is 9.60. The Bertz CT molecular complexity index is 677. The van der Waals surface area contributed by atoms with Crippen LogP contribution in [0.1, 0.15) is 70.4 Å². The summed E-state index contributed by atoms with van der Waals surface area (Å²) in [5.74, 6) is 0.266. The van der Waals surface area contributed by atoms with Crippen molar-refractivity contribution in [3.05, 3.63) is 34.9 Å². The Hall–Kier alpha value is -1.97. The van der Waals surface area contributed by atoms with Crippen LogP contribution in [-0.2, 0) is 11.2 Å². The molecule has 0 fully saturated rings. The normalized spacial score (nSPS) is 21.0. The molecule has 4 heteroatoms. The van der Waals surface area contributed by atoms with Crippen molar-refractivity contribution in [3.63, 3.8) is 0 Å². The minimum absolute atomic E-state index is 0.177. The summed E-state index contributed by atoms with van der Waals surface area (Å²) in [5.41, 5.74) is 3.23. The van der Waals surface area contributed by atoms with E-state index in [1.807, 2.05) is 13.0 Å². The fourth-order valence-corrected chi connectivity index (χ4v) is 3.57. The number of allylic oxidation sites excluding steroid dienone is 2. The average Bonchev–Trinajstić information content (AvgIpc) is 2.55. The van der Waals surface area contributed by atoms with Gasteiger partial charge in [0.05, 0.1) is 5.92 Å². The van der Waals surface area contributed by atoms with Gasteiger partial charge in [-0.2, -0.15) is 0 Å². The number of hydrogen-bond acceptors (Lipinski definition) is 3. The van der Waals surface area contributed by atoms with E-state index in [0.29, 0.717) is 5.75 Å². The van der Waals surface area contributed by atoms with Crippen molar-refractivity contribution >= 4 is 5.97 Å². The zero-order valence-electron chi connectivity index (χ0n) is 16.5. The molecule has 0 amide bonds. The average molecular weight is 360 g/mol. The number of carboxylic acid groups (broad SMARTS) is 1. The maximum atomic E-state index is 10.8. The molecular formula is C22H32O4. The monoisotopic (exact) mass is 360 g/mol. The number of hydrogen-bond donors (Lipinski definition) is 2. The molecule has 1 aromatic rings. The molecular weight excluding hydrogens is 328 g/mol. The quantitative estimate of drug-likeness (QED) is 0.609. The van der Waals surface area contributed by atoms with Gasteiger partial charge in [0.15, 0.2) is 0 Å². The van der Waals surface area contributed by atoms with Gasteiger partial charge in [0.1, 0.15) is 17.1 Å². The van der Waals surface area contributed by atoms with E-state index in [2.05, 4.69) is 19.9 Å². The van der Waals surface area contributed by atoms with Crippen LogP contribution < -0.4 is 4.74 Å². The molecule has 2 rings (SSSR count). The molecule has 1 heterocycles. The maximum Gasteiger partial charge on any atom is 0.306 e. The first-order valence-electron chi connectivity index (χ1n) is 9.60. The lowest BCUT2D eigenvalue weighted by atomic mass is 9.87. The number of phenols is 1. The third kappa shape index (κ3) is 5.52. The Labute approximate surface area is 156 Å². The summed E-state index contributed by atoms with van der Waals surface area (Å²) in [4.78, 5) is 10.8. The van der Waals surface area contributed by atoms with E-state index < -0.39 is 5.97 Å². The Kier molecular flexibility index (Phi) is 6.74. The molecule has 2 N–H and O–H groups in total. The summed E-state index contributed by atoms with van der Waals surface area (Å²) in [6.45, 7) is 8.03. The van der Waals surface area contributed by atoms with Gasteiger partial charge in [-0.15, -0.1) is 0 Å². The molecule has 0 saturated heterocycles. The van der Waals surface area contributed by atoms with Crippen molar-refractivity contribution in [1.82, 2.24) is 0 Å². The third-order valence-electron chi connectivity index (χ3n) is 5.40. The summed E-state index contributed by atoms with van der Waals surface area (Å²) < 4.78 is 6.32. The van der Waals surface area contributed by atoms with Crippen LogP contribution in [0.5, 0.6) is 11.5 Å². The van der Waals surface area contributed by atoms with Crippen molar-refractivity contribution in [2.75, 3.05) is 0 Å². The summed E-state index contributed by atoms with van der Waals surface area (Å²) in [7, 11) is 0. The number of rotatable bonds is 8. The largest absolute Gasteiger partial charge is 0.508 e. The van der Waals surface area contributed by atoms with Gasteiger partial charge in [0.2, 0.25) is 0 Å². The van der Waals surface area contributed by atoms with Crippen LogP contribution in [0.2, 0.25) is 0 Å². The van der Waals surface area contributed by atoms with Gasteiger partial charge in [-0.3, -0.25) is 4.79 Å². The van der Waals surface area contributed by atoms with Gasteiger partial charge < -0.3 is 14.9 Å². The number of carboxylic acids is 1. The van der Waals surface area contributed by atoms with Crippen LogP contribution in [0.4, 0.5) is 0 Å². The van der Waals surface area contributed by atoms with Gasteiger partial charge in [-0.05, 0) is 89.0 Å². The topological polar surface area (TPSA) is 66.8 Å². The first kappa shape index (κ1) is 20.3. The predicted molar refractivity (Wildman–Crippen MR) is 104 cm³/mol. The Balaban J connectivity index is 1.84. The van der Waals surface area contributed by atoms with E-state index in [0.717, 1.165) is 61.8 Å². The van der Waals surface area contributed by atoms with Crippen LogP contribution in [0, 0.1) is 12.8 Å². The van der Waals surface area contributed by atoms with Crippen molar-refractivity contribution in [2.45, 2.75) is 78.2 Å². The third-order valence-corrected chi connectivity index (χ3v) is 5.40. The van der Waals surface area contributed by atoms with Crippen molar-refractivity contribution in [2.24, 2.45) is 5.92 Å². The Morgan fingerprint density at radius 2 is 2.15 bits per heavy atom. The Morgan fingerprint density at radius 3 is 2.85 bits per heavy atom. The van der Waals surface area contributed by atoms with E-state index in [9.17, 15) is 9.90 Å². The number of aromatic hydroxyl groups is 1. The molecule has 0 spiro atoms. The number of aryl methyl sites for hydroxylation is 2. The fourth-order valence-electron chi connectivity index (χ4n) is 3.57. The number of ether oxygens (including phenoxy) is 1. The lowest BCUT2D eigenvalue weighted by molar-refractivity contribution is -0.141. The van der Waals surface area contributed by atoms with Crippen LogP contribution in [-0.4, -0.2) is 21.8 Å². The Morgan fingerprint density at radius 1 is 1.42 bits per heavy atom. The lowest BCUT2D eigenvalue weighted by Crippen LogP contribution is -2.36. The number of phenolic OH excluding ortho intramolecular Hbond substituents is 1. The second-order valence-electron chi connectivity index (χ2n) is 8.02. The van der Waals surface area contributed by atoms with Crippen LogP contribution in [0.15, 0.2) is 23.8 Å². The first-order chi connectivity index (χ1) is 12.2. The molecule has 0 bridgehead atoms. The van der Waals surface area contributed by atoms with E-state index in [1.54, 1.807) is 13.0 Å². The van der Waals surface area contributed by atoms with E-state index in [-0.39, 0.29) is 11.5 Å². The van der Waals surface area contributed by atoms with Crippen LogP contribution >= 0.6 is 0 Å². The molecule has 0 aliphatic carbocycles. The standard InChI is InChI=1S/C22H32O4/c1-15(7-5-9-16(2)21(24)25)8-6-11-22(4)12-10-18-14-19(23)13-17(3)20(18)26-22/h8,13-14,16,23H,5-7,9-12H2,1-4H3,(H,24,25)/b15-8+/t16?,22-/m1/s1. The highest BCUT2D eigenvalue weighted by Crippen LogP contribution is 2.39. The minimum atomic E-state index is -0.710. The van der Waals surface area contributed by atoms with Crippen molar-refractivity contribution in [1.29, 1.82) is 0 Å². The lowest BCUT2D eigenvalue weighted by Gasteiger charge is -2.36. The minimum Gasteiger partial charge on any atom is -0.508 e. The number of fused-ring (bicyclic) bond motifs is 1. The highest BCUT2D eigenvalue weighted by atomic mass is 16.5. The fraction of sp³-hybridized carbons (Fsp3) is 0.591. The summed E-state index contributed by atoms with van der Waals surface area (Å²) in [6, 6.07) is 3.57.